The van der Waals surface area contributed by atoms with E-state index in [1.165, 1.54) is 11.3 Å². The Hall–Kier alpha value is -1.43. The quantitative estimate of drug-likeness (QED) is 0.865. The van der Waals surface area contributed by atoms with E-state index in [0.717, 1.165) is 36.9 Å². The second-order valence-corrected chi connectivity index (χ2v) is 6.71. The summed E-state index contributed by atoms with van der Waals surface area (Å²) in [4.78, 5) is 9.53. The lowest BCUT2D eigenvalue weighted by atomic mass is 10.1. The van der Waals surface area contributed by atoms with E-state index in [2.05, 4.69) is 46.5 Å². The molecule has 0 N–H and O–H groups in total. The monoisotopic (exact) mass is 317 g/mol. The van der Waals surface area contributed by atoms with Gasteiger partial charge in [0.15, 0.2) is 0 Å². The van der Waals surface area contributed by atoms with Gasteiger partial charge >= 0.3 is 0 Å². The van der Waals surface area contributed by atoms with Gasteiger partial charge in [0.1, 0.15) is 11.1 Å². The second kappa shape index (κ2) is 6.77. The molecule has 1 atom stereocenters. The number of thiazole rings is 1. The largest absolute Gasteiger partial charge is 0.375 e. The zero-order chi connectivity index (χ0) is 15.5. The molecule has 0 bridgehead atoms. The Balaban J connectivity index is 1.72. The van der Waals surface area contributed by atoms with Crippen molar-refractivity contribution >= 4 is 17.0 Å². The highest BCUT2D eigenvalue weighted by atomic mass is 32.1. The molecule has 5 heteroatoms. The normalized spacial score (nSPS) is 17.1. The first-order valence-corrected chi connectivity index (χ1v) is 8.54. The Morgan fingerprint density at radius 2 is 2.14 bits per heavy atom. The van der Waals surface area contributed by atoms with Crippen LogP contribution >= 0.6 is 11.3 Å². The first-order chi connectivity index (χ1) is 10.7. The fraction of sp³-hybridized carbons (Fsp3) is 0.471. The van der Waals surface area contributed by atoms with Crippen molar-refractivity contribution in [2.24, 2.45) is 0 Å². The number of anilines is 1. The highest BCUT2D eigenvalue weighted by Crippen LogP contribution is 2.25. The highest BCUT2D eigenvalue weighted by Gasteiger charge is 2.18. The van der Waals surface area contributed by atoms with Crippen LogP contribution in [0.5, 0.6) is 0 Å². The van der Waals surface area contributed by atoms with Crippen LogP contribution in [0, 0.1) is 0 Å². The van der Waals surface area contributed by atoms with E-state index >= 15 is 0 Å². The molecule has 0 aliphatic carbocycles. The average Bonchev–Trinajstić information content (AvgIpc) is 2.94. The first-order valence-electron chi connectivity index (χ1n) is 7.66. The van der Waals surface area contributed by atoms with Crippen LogP contribution in [0.3, 0.4) is 0 Å². The van der Waals surface area contributed by atoms with Crippen molar-refractivity contribution < 1.29 is 4.74 Å². The highest BCUT2D eigenvalue weighted by molar-refractivity contribution is 7.09. The zero-order valence-corrected chi connectivity index (χ0v) is 14.3. The van der Waals surface area contributed by atoms with Crippen molar-refractivity contribution in [3.8, 4) is 0 Å². The van der Waals surface area contributed by atoms with Gasteiger partial charge in [0.05, 0.1) is 5.69 Å². The van der Waals surface area contributed by atoms with Crippen molar-refractivity contribution in [1.82, 2.24) is 9.88 Å². The first kappa shape index (κ1) is 15.5. The molecule has 0 unspecified atom stereocenters. The van der Waals surface area contributed by atoms with Crippen LogP contribution in [-0.2, 0) is 17.8 Å². The molecule has 0 amide bonds. The molecule has 1 aromatic carbocycles. The van der Waals surface area contributed by atoms with Crippen molar-refractivity contribution in [2.75, 3.05) is 32.1 Å². The molecule has 1 aliphatic rings. The number of hydrogen-bond acceptors (Lipinski definition) is 5. The molecule has 0 fully saturated rings. The van der Waals surface area contributed by atoms with Crippen molar-refractivity contribution in [1.29, 1.82) is 0 Å². The van der Waals surface area contributed by atoms with E-state index < -0.39 is 0 Å². The predicted molar refractivity (Wildman–Crippen MR) is 91.4 cm³/mol. The van der Waals surface area contributed by atoms with Gasteiger partial charge < -0.3 is 9.64 Å². The molecular formula is C17H23N3OS. The number of nitrogens with zero attached hydrogens (tertiary/aromatic N) is 3. The van der Waals surface area contributed by atoms with Gasteiger partial charge in [-0.25, -0.2) is 4.98 Å². The van der Waals surface area contributed by atoms with Gasteiger partial charge in [-0.15, -0.1) is 11.3 Å². The molecule has 3 rings (SSSR count). The second-order valence-electron chi connectivity index (χ2n) is 5.82. The maximum Gasteiger partial charge on any atom is 0.122 e. The molecule has 1 aliphatic heterocycles. The minimum atomic E-state index is 0.0785. The molecule has 0 saturated heterocycles. The number of hydrogen-bond donors (Lipinski definition) is 0. The summed E-state index contributed by atoms with van der Waals surface area (Å²) in [6.45, 7) is 6.02. The molecule has 0 radical (unpaired) electrons. The lowest BCUT2D eigenvalue weighted by Gasteiger charge is -2.19. The number of para-hydroxylation sites is 1. The van der Waals surface area contributed by atoms with E-state index in [0.29, 0.717) is 0 Å². The molecule has 1 aromatic heterocycles. The summed E-state index contributed by atoms with van der Waals surface area (Å²) in [5.41, 5.74) is 3.88. The Morgan fingerprint density at radius 1 is 1.32 bits per heavy atom. The third kappa shape index (κ3) is 3.32. The third-order valence-corrected chi connectivity index (χ3v) is 5.26. The van der Waals surface area contributed by atoms with Crippen LogP contribution in [0.25, 0.3) is 0 Å². The lowest BCUT2D eigenvalue weighted by Crippen LogP contribution is -2.29. The van der Waals surface area contributed by atoms with E-state index in [-0.39, 0.29) is 6.10 Å². The van der Waals surface area contributed by atoms with Crippen molar-refractivity contribution in [2.45, 2.75) is 26.1 Å². The molecule has 0 spiro atoms. The Bertz CT molecular complexity index is 628. The topological polar surface area (TPSA) is 28.6 Å². The lowest BCUT2D eigenvalue weighted by molar-refractivity contribution is 0.119. The molecule has 2 aromatic rings. The minimum Gasteiger partial charge on any atom is -0.375 e. The van der Waals surface area contributed by atoms with Crippen molar-refractivity contribution in [3.05, 3.63) is 45.9 Å². The SMILES string of the molecule is CO[C@H](C)c1nc(CN2CCN(C)c3ccccc3C2)cs1. The predicted octanol–water partition coefficient (Wildman–Crippen LogP) is 3.30. The van der Waals surface area contributed by atoms with Crippen LogP contribution < -0.4 is 4.90 Å². The maximum atomic E-state index is 5.35. The summed E-state index contributed by atoms with van der Waals surface area (Å²) in [5.74, 6) is 0. The maximum absolute atomic E-state index is 5.35. The van der Waals surface area contributed by atoms with Gasteiger partial charge in [0.2, 0.25) is 0 Å². The summed E-state index contributed by atoms with van der Waals surface area (Å²) in [7, 11) is 3.90. The van der Waals surface area contributed by atoms with Gasteiger partial charge in [0.25, 0.3) is 0 Å². The number of ether oxygens (including phenoxy) is 1. The summed E-state index contributed by atoms with van der Waals surface area (Å²) >= 11 is 1.69. The Morgan fingerprint density at radius 3 is 2.95 bits per heavy atom. The Kier molecular flexibility index (Phi) is 4.76. The number of likely N-dealkylation sites (N-methyl/N-ethyl adjacent to an activating group) is 1. The number of methoxy groups -OCH3 is 1. The standard InChI is InChI=1S/C17H23N3OS/c1-13(21-3)17-18-15(12-22-17)11-20-9-8-19(2)16-7-5-4-6-14(16)10-20/h4-7,12-13H,8-11H2,1-3H3/t13-/m1/s1. The minimum absolute atomic E-state index is 0.0785. The third-order valence-electron chi connectivity index (χ3n) is 4.20. The van der Waals surface area contributed by atoms with Gasteiger partial charge in [-0.05, 0) is 18.6 Å². The number of fused-ring (bicyclic) bond motifs is 1. The van der Waals surface area contributed by atoms with E-state index in [1.807, 2.05) is 6.92 Å². The fourth-order valence-corrected chi connectivity index (χ4v) is 3.64. The van der Waals surface area contributed by atoms with Crippen LogP contribution in [0.2, 0.25) is 0 Å². The summed E-state index contributed by atoms with van der Waals surface area (Å²) in [6, 6.07) is 8.67. The molecule has 22 heavy (non-hydrogen) atoms. The smallest absolute Gasteiger partial charge is 0.122 e. The summed E-state index contributed by atoms with van der Waals surface area (Å²) in [6.07, 6.45) is 0.0785. The zero-order valence-electron chi connectivity index (χ0n) is 13.5. The van der Waals surface area contributed by atoms with Crippen LogP contribution in [0.15, 0.2) is 29.6 Å². The van der Waals surface area contributed by atoms with Gasteiger partial charge in [-0.2, -0.15) is 0 Å². The van der Waals surface area contributed by atoms with Gasteiger partial charge in [0, 0.05) is 51.4 Å². The van der Waals surface area contributed by atoms with Crippen LogP contribution in [-0.4, -0.2) is 37.1 Å². The number of aromatic nitrogens is 1. The molecule has 2 heterocycles. The average molecular weight is 317 g/mol. The molecule has 4 nitrogen and oxygen atoms in total. The van der Waals surface area contributed by atoms with E-state index in [9.17, 15) is 0 Å². The molecule has 0 saturated carbocycles. The van der Waals surface area contributed by atoms with Gasteiger partial charge in [-0.1, -0.05) is 18.2 Å². The van der Waals surface area contributed by atoms with Crippen molar-refractivity contribution in [3.63, 3.8) is 0 Å². The molecular weight excluding hydrogens is 294 g/mol. The van der Waals surface area contributed by atoms with Crippen LogP contribution in [0.4, 0.5) is 5.69 Å². The summed E-state index contributed by atoms with van der Waals surface area (Å²) in [5, 5.41) is 3.22. The summed E-state index contributed by atoms with van der Waals surface area (Å²) < 4.78 is 5.35. The number of benzene rings is 1. The Labute approximate surface area is 136 Å². The van der Waals surface area contributed by atoms with Gasteiger partial charge in [-0.3, -0.25) is 4.90 Å². The van der Waals surface area contributed by atoms with Crippen LogP contribution in [0.1, 0.15) is 29.3 Å². The number of rotatable bonds is 4. The van der Waals surface area contributed by atoms with E-state index in [1.54, 1.807) is 18.4 Å². The van der Waals surface area contributed by atoms with E-state index in [4.69, 9.17) is 9.72 Å². The molecule has 118 valence electrons. The fourth-order valence-electron chi connectivity index (χ4n) is 2.80.